The van der Waals surface area contributed by atoms with Gasteiger partial charge in [0.25, 0.3) is 5.91 Å². The first-order chi connectivity index (χ1) is 18.3. The molecular weight excluding hydrogens is 484 g/mol. The molecule has 0 unspecified atom stereocenters. The second-order valence-corrected chi connectivity index (χ2v) is 9.68. The summed E-state index contributed by atoms with van der Waals surface area (Å²) in [6, 6.07) is 16.7. The molecule has 0 saturated carbocycles. The van der Waals surface area contributed by atoms with Crippen molar-refractivity contribution in [3.05, 3.63) is 72.1 Å². The van der Waals surface area contributed by atoms with E-state index in [2.05, 4.69) is 20.5 Å². The lowest BCUT2D eigenvalue weighted by atomic mass is 10.1. The summed E-state index contributed by atoms with van der Waals surface area (Å²) in [6.45, 7) is 6.14. The largest absolute Gasteiger partial charge is 0.478 e. The van der Waals surface area contributed by atoms with Crippen LogP contribution in [0, 0.1) is 6.92 Å². The Morgan fingerprint density at radius 2 is 1.50 bits per heavy atom. The molecule has 0 aliphatic carbocycles. The number of aliphatic carboxylic acids is 2. The first-order valence-electron chi connectivity index (χ1n) is 13.1. The molecule has 2 fully saturated rings. The molecular formula is C29H34N4O5. The number of carbonyl (C=O) groups excluding carboxylic acids is 1. The minimum absolute atomic E-state index is 0.158. The maximum atomic E-state index is 13.1. The van der Waals surface area contributed by atoms with Crippen molar-refractivity contribution in [3.8, 4) is 5.69 Å². The minimum atomic E-state index is -1.26. The third-order valence-corrected chi connectivity index (χ3v) is 7.08. The SMILES string of the molecule is Cc1nc2ccccc2n1-c1ccc(C(=O)N2CC[C@H](N3CCCCCC3)C2)cc1.O=C(O)/C=C/C(=O)O. The van der Waals surface area contributed by atoms with E-state index in [-0.39, 0.29) is 5.91 Å². The van der Waals surface area contributed by atoms with E-state index in [1.165, 1.54) is 38.8 Å². The molecule has 1 aromatic heterocycles. The molecule has 38 heavy (non-hydrogen) atoms. The quantitative estimate of drug-likeness (QED) is 0.488. The Labute approximate surface area is 222 Å². The van der Waals surface area contributed by atoms with E-state index in [9.17, 15) is 14.4 Å². The smallest absolute Gasteiger partial charge is 0.328 e. The maximum Gasteiger partial charge on any atom is 0.328 e. The van der Waals surface area contributed by atoms with E-state index >= 15 is 0 Å². The molecule has 2 saturated heterocycles. The van der Waals surface area contributed by atoms with E-state index < -0.39 is 11.9 Å². The van der Waals surface area contributed by atoms with Crippen LogP contribution in [0.3, 0.4) is 0 Å². The first-order valence-corrected chi connectivity index (χ1v) is 13.1. The van der Waals surface area contributed by atoms with Gasteiger partial charge in [-0.2, -0.15) is 0 Å². The summed E-state index contributed by atoms with van der Waals surface area (Å²) in [4.78, 5) is 41.5. The van der Waals surface area contributed by atoms with Crippen molar-refractivity contribution < 1.29 is 24.6 Å². The fraction of sp³-hybridized carbons (Fsp3) is 0.379. The van der Waals surface area contributed by atoms with Gasteiger partial charge in [0, 0.05) is 42.5 Å². The van der Waals surface area contributed by atoms with E-state index in [4.69, 9.17) is 10.2 Å². The van der Waals surface area contributed by atoms with Crippen LogP contribution in [-0.4, -0.2) is 79.6 Å². The van der Waals surface area contributed by atoms with Gasteiger partial charge in [-0.1, -0.05) is 25.0 Å². The number of fused-ring (bicyclic) bond motifs is 1. The molecule has 0 spiro atoms. The third kappa shape index (κ3) is 6.66. The average molecular weight is 519 g/mol. The number of hydrogen-bond donors (Lipinski definition) is 2. The van der Waals surface area contributed by atoms with E-state index in [0.717, 1.165) is 47.6 Å². The molecule has 2 aliphatic rings. The van der Waals surface area contributed by atoms with Gasteiger partial charge >= 0.3 is 11.9 Å². The van der Waals surface area contributed by atoms with E-state index in [1.54, 1.807) is 0 Å². The lowest BCUT2D eigenvalue weighted by Gasteiger charge is -2.27. The van der Waals surface area contributed by atoms with Crippen LogP contribution in [0.15, 0.2) is 60.7 Å². The fourth-order valence-corrected chi connectivity index (χ4v) is 5.24. The van der Waals surface area contributed by atoms with E-state index in [1.807, 2.05) is 54.3 Å². The Hall–Kier alpha value is -3.98. The average Bonchev–Trinajstić information content (AvgIpc) is 3.42. The lowest BCUT2D eigenvalue weighted by Crippen LogP contribution is -2.39. The Morgan fingerprint density at radius 1 is 0.868 bits per heavy atom. The molecule has 1 amide bonds. The number of rotatable bonds is 5. The molecule has 3 aromatic rings. The summed E-state index contributed by atoms with van der Waals surface area (Å²) in [7, 11) is 0. The van der Waals surface area contributed by atoms with Gasteiger partial charge < -0.3 is 15.1 Å². The van der Waals surface area contributed by atoms with Gasteiger partial charge in [0.05, 0.1) is 11.0 Å². The first kappa shape index (κ1) is 27.1. The number of aryl methyl sites for hydroxylation is 1. The van der Waals surface area contributed by atoms with Crippen LogP contribution in [-0.2, 0) is 9.59 Å². The van der Waals surface area contributed by atoms with Crippen LogP contribution in [0.2, 0.25) is 0 Å². The summed E-state index contributed by atoms with van der Waals surface area (Å²) < 4.78 is 2.15. The number of hydrogen-bond acceptors (Lipinski definition) is 5. The predicted octanol–water partition coefficient (Wildman–Crippen LogP) is 4.14. The number of likely N-dealkylation sites (tertiary alicyclic amines) is 2. The van der Waals surface area contributed by atoms with Crippen LogP contribution in [0.1, 0.15) is 48.3 Å². The summed E-state index contributed by atoms with van der Waals surface area (Å²) >= 11 is 0. The molecule has 3 heterocycles. The van der Waals surface area contributed by atoms with Crippen molar-refractivity contribution in [3.63, 3.8) is 0 Å². The number of carboxylic acids is 2. The molecule has 0 bridgehead atoms. The molecule has 5 rings (SSSR count). The van der Waals surface area contributed by atoms with Crippen LogP contribution in [0.5, 0.6) is 0 Å². The monoisotopic (exact) mass is 518 g/mol. The Bertz CT molecular complexity index is 1290. The third-order valence-electron chi connectivity index (χ3n) is 7.08. The summed E-state index contributed by atoms with van der Waals surface area (Å²) in [5.41, 5.74) is 3.90. The van der Waals surface area contributed by atoms with Crippen LogP contribution >= 0.6 is 0 Å². The van der Waals surface area contributed by atoms with Crippen LogP contribution in [0.25, 0.3) is 16.7 Å². The highest BCUT2D eigenvalue weighted by Gasteiger charge is 2.31. The second-order valence-electron chi connectivity index (χ2n) is 9.68. The summed E-state index contributed by atoms with van der Waals surface area (Å²) in [5, 5.41) is 15.6. The maximum absolute atomic E-state index is 13.1. The fourth-order valence-electron chi connectivity index (χ4n) is 5.24. The highest BCUT2D eigenvalue weighted by atomic mass is 16.4. The van der Waals surface area contributed by atoms with Crippen molar-refractivity contribution in [2.45, 2.75) is 45.1 Å². The molecule has 9 heteroatoms. The summed E-state index contributed by atoms with van der Waals surface area (Å²) in [6.07, 6.45) is 7.52. The van der Waals surface area contributed by atoms with Gasteiger partial charge in [0.2, 0.25) is 0 Å². The lowest BCUT2D eigenvalue weighted by molar-refractivity contribution is -0.134. The van der Waals surface area contributed by atoms with Crippen molar-refractivity contribution in [2.75, 3.05) is 26.2 Å². The molecule has 0 radical (unpaired) electrons. The number of amides is 1. The topological polar surface area (TPSA) is 116 Å². The van der Waals surface area contributed by atoms with E-state index in [0.29, 0.717) is 18.2 Å². The molecule has 9 nitrogen and oxygen atoms in total. The van der Waals surface area contributed by atoms with Gasteiger partial charge in [-0.05, 0) is 75.7 Å². The minimum Gasteiger partial charge on any atom is -0.478 e. The van der Waals surface area contributed by atoms with Gasteiger partial charge in [-0.15, -0.1) is 0 Å². The zero-order valence-corrected chi connectivity index (χ0v) is 21.6. The van der Waals surface area contributed by atoms with Gasteiger partial charge in [0.15, 0.2) is 0 Å². The van der Waals surface area contributed by atoms with Crippen molar-refractivity contribution in [1.29, 1.82) is 0 Å². The Kier molecular flexibility index (Phi) is 8.91. The van der Waals surface area contributed by atoms with Crippen LogP contribution < -0.4 is 0 Å². The number of imidazole rings is 1. The second kappa shape index (κ2) is 12.5. The van der Waals surface area contributed by atoms with Gasteiger partial charge in [-0.3, -0.25) is 14.3 Å². The number of carbonyl (C=O) groups is 3. The number of nitrogens with zero attached hydrogens (tertiary/aromatic N) is 4. The predicted molar refractivity (Wildman–Crippen MR) is 145 cm³/mol. The Morgan fingerprint density at radius 3 is 2.13 bits per heavy atom. The molecule has 2 aliphatic heterocycles. The number of benzene rings is 2. The van der Waals surface area contributed by atoms with Crippen molar-refractivity contribution in [2.24, 2.45) is 0 Å². The normalized spacial score (nSPS) is 18.2. The number of carboxylic acid groups (broad SMARTS) is 2. The van der Waals surface area contributed by atoms with Crippen molar-refractivity contribution >= 4 is 28.9 Å². The highest BCUT2D eigenvalue weighted by Crippen LogP contribution is 2.24. The number of aromatic nitrogens is 2. The number of para-hydroxylation sites is 2. The van der Waals surface area contributed by atoms with Crippen LogP contribution in [0.4, 0.5) is 0 Å². The van der Waals surface area contributed by atoms with Gasteiger partial charge in [-0.25, -0.2) is 14.6 Å². The zero-order chi connectivity index (χ0) is 27.1. The molecule has 2 aromatic carbocycles. The standard InChI is InChI=1S/C25H30N4O.C4H4O4/c1-19-26-23-8-4-5-9-24(23)29(19)21-12-10-20(11-13-21)25(30)28-17-14-22(18-28)27-15-6-2-3-7-16-27;5-3(6)1-2-4(7)8/h4-5,8-13,22H,2-3,6-7,14-18H2,1H3;1-2H,(H,5,6)(H,7,8)/b;2-1+/t22-;/m0./s1. The van der Waals surface area contributed by atoms with Gasteiger partial charge in [0.1, 0.15) is 5.82 Å². The molecule has 2 N–H and O–H groups in total. The molecule has 1 atom stereocenters. The summed E-state index contributed by atoms with van der Waals surface area (Å²) in [5.74, 6) is -1.40. The van der Waals surface area contributed by atoms with Crippen molar-refractivity contribution in [1.82, 2.24) is 19.4 Å². The highest BCUT2D eigenvalue weighted by molar-refractivity contribution is 5.94. The zero-order valence-electron chi connectivity index (χ0n) is 21.6. The molecule has 200 valence electrons. The Balaban J connectivity index is 0.000000368.